The highest BCUT2D eigenvalue weighted by Crippen LogP contribution is 2.50. The van der Waals surface area contributed by atoms with Gasteiger partial charge < -0.3 is 15.0 Å². The van der Waals surface area contributed by atoms with E-state index in [1.807, 2.05) is 54.0 Å². The molecule has 3 heterocycles. The standard InChI is InChI=1S/C24H29N3O3/c1-15(17-6-3-2-4-7-17)25-24(30)23-19(14-28)18-13-26-20(8-5-9-21(26)29)22(18)27(23)12-16-10-11-16/h2-9,15-16,18-19,22-23,28H,10-14H2,1H3,(H,25,30)/t15-,18+,19+,22-,23+/m0/s1. The molecule has 6 heteroatoms. The Balaban J connectivity index is 1.46. The van der Waals surface area contributed by atoms with E-state index < -0.39 is 0 Å². The minimum Gasteiger partial charge on any atom is -0.396 e. The van der Waals surface area contributed by atoms with Crippen molar-refractivity contribution in [2.24, 2.45) is 17.8 Å². The Hall–Kier alpha value is -2.44. The largest absolute Gasteiger partial charge is 0.396 e. The quantitative estimate of drug-likeness (QED) is 0.769. The maximum absolute atomic E-state index is 13.5. The van der Waals surface area contributed by atoms with Crippen LogP contribution >= 0.6 is 0 Å². The number of carbonyl (C=O) groups is 1. The van der Waals surface area contributed by atoms with E-state index >= 15 is 0 Å². The van der Waals surface area contributed by atoms with Gasteiger partial charge in [0.15, 0.2) is 0 Å². The Morgan fingerprint density at radius 1 is 1.17 bits per heavy atom. The van der Waals surface area contributed by atoms with E-state index in [0.717, 1.165) is 17.8 Å². The molecule has 0 spiro atoms. The highest BCUT2D eigenvalue weighted by atomic mass is 16.3. The number of aliphatic hydroxyl groups excluding tert-OH is 1. The summed E-state index contributed by atoms with van der Waals surface area (Å²) in [4.78, 5) is 28.2. The van der Waals surface area contributed by atoms with E-state index in [1.165, 1.54) is 12.8 Å². The molecule has 1 aliphatic carbocycles. The van der Waals surface area contributed by atoms with Gasteiger partial charge in [-0.1, -0.05) is 36.4 Å². The van der Waals surface area contributed by atoms with E-state index in [-0.39, 0.29) is 48.0 Å². The second-order valence-corrected chi connectivity index (χ2v) is 9.08. The first-order chi connectivity index (χ1) is 14.6. The highest BCUT2D eigenvalue weighted by Gasteiger charge is 2.56. The minimum absolute atomic E-state index is 0.00339. The predicted octanol–water partition coefficient (Wildman–Crippen LogP) is 2.10. The van der Waals surface area contributed by atoms with Crippen molar-refractivity contribution >= 4 is 5.91 Å². The molecule has 5 rings (SSSR count). The van der Waals surface area contributed by atoms with E-state index in [2.05, 4.69) is 10.2 Å². The summed E-state index contributed by atoms with van der Waals surface area (Å²) >= 11 is 0. The zero-order valence-electron chi connectivity index (χ0n) is 17.3. The fourth-order valence-electron chi connectivity index (χ4n) is 5.49. The van der Waals surface area contributed by atoms with Crippen LogP contribution in [0.3, 0.4) is 0 Å². The molecule has 0 radical (unpaired) electrons. The van der Waals surface area contributed by atoms with Gasteiger partial charge in [-0.05, 0) is 37.3 Å². The van der Waals surface area contributed by atoms with E-state index in [9.17, 15) is 14.7 Å². The van der Waals surface area contributed by atoms with E-state index in [0.29, 0.717) is 12.5 Å². The van der Waals surface area contributed by atoms with Crippen LogP contribution in [0.5, 0.6) is 0 Å². The van der Waals surface area contributed by atoms with Crippen molar-refractivity contribution in [1.29, 1.82) is 0 Å². The summed E-state index contributed by atoms with van der Waals surface area (Å²) in [7, 11) is 0. The molecule has 0 bridgehead atoms. The molecule has 30 heavy (non-hydrogen) atoms. The zero-order valence-corrected chi connectivity index (χ0v) is 17.3. The van der Waals surface area contributed by atoms with Gasteiger partial charge in [0.25, 0.3) is 5.56 Å². The number of amides is 1. The number of hydrogen-bond donors (Lipinski definition) is 2. The first kappa shape index (κ1) is 19.5. The van der Waals surface area contributed by atoms with Crippen LogP contribution in [0.25, 0.3) is 0 Å². The van der Waals surface area contributed by atoms with Gasteiger partial charge in [0.05, 0.1) is 18.1 Å². The third-order valence-electron chi connectivity index (χ3n) is 7.16. The average molecular weight is 408 g/mol. The summed E-state index contributed by atoms with van der Waals surface area (Å²) in [6.45, 7) is 3.36. The smallest absolute Gasteiger partial charge is 0.250 e. The maximum atomic E-state index is 13.5. The molecular weight excluding hydrogens is 378 g/mol. The number of carbonyl (C=O) groups excluding carboxylic acids is 1. The Bertz CT molecular complexity index is 985. The number of nitrogens with zero attached hydrogens (tertiary/aromatic N) is 2. The lowest BCUT2D eigenvalue weighted by Gasteiger charge is -2.31. The lowest BCUT2D eigenvalue weighted by molar-refractivity contribution is -0.128. The molecule has 1 saturated heterocycles. The van der Waals surface area contributed by atoms with Crippen molar-refractivity contribution in [3.63, 3.8) is 0 Å². The summed E-state index contributed by atoms with van der Waals surface area (Å²) in [6, 6.07) is 14.9. The lowest BCUT2D eigenvalue weighted by atomic mass is 9.88. The van der Waals surface area contributed by atoms with Crippen LogP contribution in [-0.2, 0) is 11.3 Å². The monoisotopic (exact) mass is 407 g/mol. The van der Waals surface area contributed by atoms with Crippen LogP contribution in [-0.4, -0.2) is 39.7 Å². The van der Waals surface area contributed by atoms with Crippen LogP contribution in [0, 0.1) is 17.8 Å². The van der Waals surface area contributed by atoms with Crippen molar-refractivity contribution < 1.29 is 9.90 Å². The second kappa shape index (κ2) is 7.67. The topological polar surface area (TPSA) is 74.6 Å². The first-order valence-corrected chi connectivity index (χ1v) is 11.0. The van der Waals surface area contributed by atoms with Gasteiger partial charge in [0.2, 0.25) is 5.91 Å². The fraction of sp³-hybridized carbons (Fsp3) is 0.500. The molecule has 2 fully saturated rings. The van der Waals surface area contributed by atoms with Crippen LogP contribution in [0.15, 0.2) is 53.3 Å². The van der Waals surface area contributed by atoms with Gasteiger partial charge in [-0.25, -0.2) is 0 Å². The summed E-state index contributed by atoms with van der Waals surface area (Å²) < 4.78 is 1.83. The molecule has 6 nitrogen and oxygen atoms in total. The molecular formula is C24H29N3O3. The summed E-state index contributed by atoms with van der Waals surface area (Å²) in [5.41, 5.74) is 2.05. The third-order valence-corrected chi connectivity index (χ3v) is 7.16. The Labute approximate surface area is 176 Å². The van der Waals surface area contributed by atoms with Crippen molar-refractivity contribution in [2.45, 2.75) is 44.4 Å². The van der Waals surface area contributed by atoms with Gasteiger partial charge in [0.1, 0.15) is 0 Å². The van der Waals surface area contributed by atoms with Gasteiger partial charge in [-0.2, -0.15) is 0 Å². The number of rotatable bonds is 6. The molecule has 2 N–H and O–H groups in total. The zero-order chi connectivity index (χ0) is 20.8. The SMILES string of the molecule is C[C@H](NC(=O)[C@H]1[C@H](CO)[C@H]2Cn3c(cccc3=O)[C@H]2N1CC1CC1)c1ccccc1. The van der Waals surface area contributed by atoms with Gasteiger partial charge in [0, 0.05) is 43.3 Å². The molecule has 158 valence electrons. The van der Waals surface area contributed by atoms with Crippen LogP contribution in [0.2, 0.25) is 0 Å². The number of pyridine rings is 1. The molecule has 2 aromatic rings. The molecule has 1 saturated carbocycles. The normalized spacial score (nSPS) is 28.7. The number of fused-ring (bicyclic) bond motifs is 3. The fourth-order valence-corrected chi connectivity index (χ4v) is 5.49. The number of likely N-dealkylation sites (tertiary alicyclic amines) is 1. The van der Waals surface area contributed by atoms with E-state index in [4.69, 9.17) is 0 Å². The average Bonchev–Trinajstić information content (AvgIpc) is 3.40. The molecule has 3 aliphatic rings. The number of hydrogen-bond acceptors (Lipinski definition) is 4. The number of nitrogens with one attached hydrogen (secondary N) is 1. The minimum atomic E-state index is -0.374. The molecule has 1 aromatic carbocycles. The third kappa shape index (κ3) is 3.28. The lowest BCUT2D eigenvalue weighted by Crippen LogP contribution is -2.49. The number of aromatic nitrogens is 1. The van der Waals surface area contributed by atoms with Crippen LogP contribution < -0.4 is 10.9 Å². The molecule has 1 amide bonds. The molecule has 0 unspecified atom stereocenters. The van der Waals surface area contributed by atoms with Crippen molar-refractivity contribution in [3.8, 4) is 0 Å². The Kier molecular flexibility index (Phi) is 4.99. The predicted molar refractivity (Wildman–Crippen MR) is 114 cm³/mol. The summed E-state index contributed by atoms with van der Waals surface area (Å²) in [6.07, 6.45) is 2.38. The Morgan fingerprint density at radius 2 is 1.93 bits per heavy atom. The Morgan fingerprint density at radius 3 is 2.63 bits per heavy atom. The second-order valence-electron chi connectivity index (χ2n) is 9.08. The van der Waals surface area contributed by atoms with Gasteiger partial charge in [-0.3, -0.25) is 14.5 Å². The van der Waals surface area contributed by atoms with Gasteiger partial charge >= 0.3 is 0 Å². The summed E-state index contributed by atoms with van der Waals surface area (Å²) in [5, 5.41) is 13.5. The molecule has 2 aliphatic heterocycles. The van der Waals surface area contributed by atoms with E-state index in [1.54, 1.807) is 6.07 Å². The van der Waals surface area contributed by atoms with Crippen LogP contribution in [0.1, 0.15) is 43.1 Å². The van der Waals surface area contributed by atoms with Gasteiger partial charge in [-0.15, -0.1) is 0 Å². The first-order valence-electron chi connectivity index (χ1n) is 11.0. The maximum Gasteiger partial charge on any atom is 0.250 e. The highest BCUT2D eigenvalue weighted by molar-refractivity contribution is 5.83. The van der Waals surface area contributed by atoms with Crippen molar-refractivity contribution in [2.75, 3.05) is 13.2 Å². The molecule has 5 atom stereocenters. The number of aliphatic hydroxyl groups is 1. The van der Waals surface area contributed by atoms with Crippen molar-refractivity contribution in [3.05, 3.63) is 70.1 Å². The summed E-state index contributed by atoms with van der Waals surface area (Å²) in [5.74, 6) is 0.474. The molecule has 1 aromatic heterocycles. The van der Waals surface area contributed by atoms with Crippen molar-refractivity contribution in [1.82, 2.24) is 14.8 Å². The van der Waals surface area contributed by atoms with Crippen LogP contribution in [0.4, 0.5) is 0 Å². The number of benzene rings is 1.